The van der Waals surface area contributed by atoms with Crippen LogP contribution in [0.4, 0.5) is 5.82 Å². The second-order valence-corrected chi connectivity index (χ2v) is 10.1. The van der Waals surface area contributed by atoms with Gasteiger partial charge in [-0.2, -0.15) is 0 Å². The van der Waals surface area contributed by atoms with Crippen LogP contribution in [-0.2, 0) is 0 Å². The molecule has 1 saturated heterocycles. The summed E-state index contributed by atoms with van der Waals surface area (Å²) in [5.74, 6) is 1.33. The zero-order valence-corrected chi connectivity index (χ0v) is 20.3. The highest BCUT2D eigenvalue weighted by Gasteiger charge is 2.41. The summed E-state index contributed by atoms with van der Waals surface area (Å²) in [4.78, 5) is 44.2. The highest BCUT2D eigenvalue weighted by molar-refractivity contribution is 6.01. The molecule has 1 aromatic heterocycles. The van der Waals surface area contributed by atoms with Gasteiger partial charge in [0, 0.05) is 41.9 Å². The Kier molecular flexibility index (Phi) is 6.21. The van der Waals surface area contributed by atoms with Crippen molar-refractivity contribution < 1.29 is 19.1 Å². The van der Waals surface area contributed by atoms with E-state index in [1.54, 1.807) is 25.3 Å². The molecule has 184 valence electrons. The van der Waals surface area contributed by atoms with Crippen LogP contribution in [0.15, 0.2) is 30.5 Å². The zero-order chi connectivity index (χ0) is 24.7. The van der Waals surface area contributed by atoms with Crippen molar-refractivity contribution in [1.29, 1.82) is 0 Å². The van der Waals surface area contributed by atoms with Gasteiger partial charge in [0.1, 0.15) is 11.6 Å². The average Bonchev–Trinajstić information content (AvgIpc) is 3.62. The number of benzene rings is 1. The predicted octanol–water partition coefficient (Wildman–Crippen LogP) is 3.27. The number of pyridine rings is 1. The van der Waals surface area contributed by atoms with Gasteiger partial charge in [-0.1, -0.05) is 0 Å². The van der Waals surface area contributed by atoms with E-state index in [-0.39, 0.29) is 29.2 Å². The molecule has 2 amide bonds. The maximum Gasteiger partial charge on any atom is 0.252 e. The molecule has 35 heavy (non-hydrogen) atoms. The lowest BCUT2D eigenvalue weighted by Gasteiger charge is -2.38. The number of aryl methyl sites for hydroxylation is 1. The number of ether oxygens (including phenoxy) is 1. The lowest BCUT2D eigenvalue weighted by Crippen LogP contribution is -2.43. The molecule has 3 N–H and O–H groups in total. The molecule has 3 atom stereocenters. The van der Waals surface area contributed by atoms with Gasteiger partial charge in [-0.3, -0.25) is 14.4 Å². The van der Waals surface area contributed by atoms with Crippen molar-refractivity contribution in [2.75, 3.05) is 18.6 Å². The first-order chi connectivity index (χ1) is 16.9. The number of Topliss-reactive ketones (excluding diaryl/α,β-unsaturated/α-hetero) is 1. The van der Waals surface area contributed by atoms with Crippen molar-refractivity contribution in [1.82, 2.24) is 10.3 Å². The van der Waals surface area contributed by atoms with Gasteiger partial charge in [-0.15, -0.1) is 0 Å². The molecule has 2 aromatic rings. The van der Waals surface area contributed by atoms with Crippen LogP contribution in [0.1, 0.15) is 75.2 Å². The highest BCUT2D eigenvalue weighted by atomic mass is 16.5. The van der Waals surface area contributed by atoms with Gasteiger partial charge in [-0.05, 0) is 81.2 Å². The maximum atomic E-state index is 13.1. The molecule has 0 bridgehead atoms. The fourth-order valence-corrected chi connectivity index (χ4v) is 5.73. The van der Waals surface area contributed by atoms with Gasteiger partial charge in [0.2, 0.25) is 0 Å². The Bertz CT molecular complexity index is 1160. The molecular formula is C27H32N4O4. The van der Waals surface area contributed by atoms with Crippen molar-refractivity contribution in [2.24, 2.45) is 17.6 Å². The number of amides is 2. The van der Waals surface area contributed by atoms with Crippen LogP contribution in [-0.4, -0.2) is 48.3 Å². The monoisotopic (exact) mass is 476 g/mol. The molecule has 2 heterocycles. The minimum Gasteiger partial charge on any atom is -0.496 e. The number of methoxy groups -OCH3 is 1. The number of aromatic nitrogens is 1. The molecule has 0 spiro atoms. The summed E-state index contributed by atoms with van der Waals surface area (Å²) in [6, 6.07) is 7.43. The number of anilines is 1. The number of carbonyl (C=O) groups is 3. The van der Waals surface area contributed by atoms with Gasteiger partial charge in [-0.25, -0.2) is 4.98 Å². The van der Waals surface area contributed by atoms with E-state index < -0.39 is 5.91 Å². The summed E-state index contributed by atoms with van der Waals surface area (Å²) >= 11 is 0. The van der Waals surface area contributed by atoms with E-state index in [4.69, 9.17) is 10.5 Å². The van der Waals surface area contributed by atoms with E-state index in [9.17, 15) is 14.4 Å². The Labute approximate surface area is 205 Å². The molecule has 2 aliphatic carbocycles. The van der Waals surface area contributed by atoms with Crippen LogP contribution >= 0.6 is 0 Å². The number of primary amides is 1. The van der Waals surface area contributed by atoms with E-state index in [0.29, 0.717) is 34.4 Å². The summed E-state index contributed by atoms with van der Waals surface area (Å²) in [6.07, 6.45) is 7.68. The third-order valence-corrected chi connectivity index (χ3v) is 7.70. The number of nitrogens with one attached hydrogen (secondary N) is 1. The Balaban J connectivity index is 1.28. The van der Waals surface area contributed by atoms with Gasteiger partial charge in [0.15, 0.2) is 5.78 Å². The molecule has 3 unspecified atom stereocenters. The Hall–Kier alpha value is -3.42. The van der Waals surface area contributed by atoms with Gasteiger partial charge in [0.05, 0.1) is 12.7 Å². The van der Waals surface area contributed by atoms with E-state index in [0.717, 1.165) is 50.9 Å². The molecule has 5 rings (SSSR count). The number of rotatable bonds is 7. The number of nitrogens with two attached hydrogens (primary N) is 1. The summed E-state index contributed by atoms with van der Waals surface area (Å²) in [5.41, 5.74) is 7.57. The number of piperidine rings is 1. The third-order valence-electron chi connectivity index (χ3n) is 7.70. The number of hydrogen-bond donors (Lipinski definition) is 2. The molecule has 8 heteroatoms. The SMILES string of the molecule is COc1cc(C(=O)NC2CC3CCCN(c4ccc(C(=O)C5CC5)cn4)C3C2)c(C)cc1C(N)=O. The maximum absolute atomic E-state index is 13.1. The minimum absolute atomic E-state index is 0.0510. The van der Waals surface area contributed by atoms with Crippen molar-refractivity contribution in [3.8, 4) is 5.75 Å². The van der Waals surface area contributed by atoms with Crippen LogP contribution in [0.3, 0.4) is 0 Å². The van der Waals surface area contributed by atoms with Crippen LogP contribution < -0.4 is 20.7 Å². The summed E-state index contributed by atoms with van der Waals surface area (Å²) in [7, 11) is 1.46. The molecule has 1 aromatic carbocycles. The Morgan fingerprint density at radius 2 is 1.91 bits per heavy atom. The number of nitrogens with zero attached hydrogens (tertiary/aromatic N) is 2. The first kappa shape index (κ1) is 23.3. The quantitative estimate of drug-likeness (QED) is 0.593. The summed E-state index contributed by atoms with van der Waals surface area (Å²) in [6.45, 7) is 2.72. The topological polar surface area (TPSA) is 115 Å². The summed E-state index contributed by atoms with van der Waals surface area (Å²) < 4.78 is 5.29. The second-order valence-electron chi connectivity index (χ2n) is 10.1. The van der Waals surface area contributed by atoms with E-state index in [2.05, 4.69) is 15.2 Å². The van der Waals surface area contributed by atoms with Gasteiger partial charge < -0.3 is 20.7 Å². The van der Waals surface area contributed by atoms with Gasteiger partial charge >= 0.3 is 0 Å². The van der Waals surface area contributed by atoms with Crippen molar-refractivity contribution in [2.45, 2.75) is 57.5 Å². The van der Waals surface area contributed by atoms with Crippen molar-refractivity contribution >= 4 is 23.4 Å². The standard InChI is InChI=1S/C27H32N4O4/c1-15-10-21(26(28)33)23(35-2)13-20(15)27(34)30-19-11-17-4-3-9-31(22(17)12-19)24-8-7-18(14-29-24)25(32)16-5-6-16/h7-8,10,13-14,16-17,19,22H,3-6,9,11-12H2,1-2H3,(H2,28,33)(H,30,34). The van der Waals surface area contributed by atoms with E-state index >= 15 is 0 Å². The molecule has 3 fully saturated rings. The lowest BCUT2D eigenvalue weighted by atomic mass is 9.92. The number of hydrogen-bond acceptors (Lipinski definition) is 6. The predicted molar refractivity (Wildman–Crippen MR) is 132 cm³/mol. The normalized spacial score (nSPS) is 23.5. The van der Waals surface area contributed by atoms with Crippen molar-refractivity contribution in [3.63, 3.8) is 0 Å². The summed E-state index contributed by atoms with van der Waals surface area (Å²) in [5, 5.41) is 3.21. The first-order valence-corrected chi connectivity index (χ1v) is 12.4. The van der Waals surface area contributed by atoms with Gasteiger partial charge in [0.25, 0.3) is 11.8 Å². The molecule has 2 saturated carbocycles. The number of fused-ring (bicyclic) bond motifs is 1. The fraction of sp³-hybridized carbons (Fsp3) is 0.481. The molecular weight excluding hydrogens is 444 g/mol. The highest BCUT2D eigenvalue weighted by Crippen LogP contribution is 2.39. The first-order valence-electron chi connectivity index (χ1n) is 12.4. The van der Waals surface area contributed by atoms with Crippen LogP contribution in [0, 0.1) is 18.8 Å². The molecule has 0 radical (unpaired) electrons. The third kappa shape index (κ3) is 4.61. The zero-order valence-electron chi connectivity index (χ0n) is 20.3. The Morgan fingerprint density at radius 1 is 1.11 bits per heavy atom. The van der Waals surface area contributed by atoms with E-state index in [1.165, 1.54) is 7.11 Å². The van der Waals surface area contributed by atoms with E-state index in [1.807, 2.05) is 12.1 Å². The average molecular weight is 477 g/mol. The fourth-order valence-electron chi connectivity index (χ4n) is 5.73. The number of ketones is 1. The van der Waals surface area contributed by atoms with Crippen LogP contribution in [0.25, 0.3) is 0 Å². The van der Waals surface area contributed by atoms with Crippen molar-refractivity contribution in [3.05, 3.63) is 52.7 Å². The molecule has 1 aliphatic heterocycles. The number of carbonyl (C=O) groups excluding carboxylic acids is 3. The molecule has 8 nitrogen and oxygen atoms in total. The second kappa shape index (κ2) is 9.32. The largest absolute Gasteiger partial charge is 0.496 e. The molecule has 3 aliphatic rings. The minimum atomic E-state index is -0.588. The van der Waals surface area contributed by atoms with Crippen LogP contribution in [0.5, 0.6) is 5.75 Å². The Morgan fingerprint density at radius 3 is 2.57 bits per heavy atom. The lowest BCUT2D eigenvalue weighted by molar-refractivity contribution is 0.0932. The van der Waals surface area contributed by atoms with Crippen LogP contribution in [0.2, 0.25) is 0 Å². The smallest absolute Gasteiger partial charge is 0.252 e.